The zero-order valence-corrected chi connectivity index (χ0v) is 22.4. The fraction of sp³-hybridized carbons (Fsp3) is 0.667. The monoisotopic (exact) mass is 490 g/mol. The number of nitrogens with one attached hydrogen (secondary N) is 2. The Kier molecular flexibility index (Phi) is 13.6. The minimum absolute atomic E-state index is 0.102. The zero-order chi connectivity index (χ0) is 26.5. The highest BCUT2D eigenvalue weighted by Crippen LogP contribution is 2.16. The van der Waals surface area contributed by atoms with Crippen molar-refractivity contribution in [3.8, 4) is 0 Å². The van der Waals surface area contributed by atoms with Gasteiger partial charge in [-0.25, -0.2) is 0 Å². The number of primary amides is 1. The number of hydrogen-bond donors (Lipinski definition) is 4. The van der Waals surface area contributed by atoms with Gasteiger partial charge in [-0.1, -0.05) is 41.5 Å². The summed E-state index contributed by atoms with van der Waals surface area (Å²) in [5.41, 5.74) is 6.03. The third-order valence-corrected chi connectivity index (χ3v) is 5.76. The molecule has 1 aromatic rings. The highest BCUT2D eigenvalue weighted by atomic mass is 16.3. The lowest BCUT2D eigenvalue weighted by atomic mass is 9.97. The molecule has 3 amide bonds. The van der Waals surface area contributed by atoms with Gasteiger partial charge in [-0.05, 0) is 62.3 Å². The van der Waals surface area contributed by atoms with Gasteiger partial charge in [-0.3, -0.25) is 14.4 Å². The molecule has 5 N–H and O–H groups in total. The zero-order valence-electron chi connectivity index (χ0n) is 22.4. The van der Waals surface area contributed by atoms with Crippen molar-refractivity contribution in [2.45, 2.75) is 79.4 Å². The summed E-state index contributed by atoms with van der Waals surface area (Å²) in [5.74, 6) is -0.591. The van der Waals surface area contributed by atoms with Gasteiger partial charge in [0.25, 0.3) is 11.8 Å². The standard InChI is InChI=1S/C27H46N4O4/c1-7-11-31(12-8-2)27(35)22-15-20(25(28)33)14-21(16-22)26(34)30-23(13-19(5)6)24(32)17-29-10-9-18(3)4/h14-16,18-19,23-24,29,32H,7-13,17H2,1-6H3,(H2,28,33)(H,30,34)/t23-,24+/m0/s1. The second-order valence-electron chi connectivity index (χ2n) is 10.1. The van der Waals surface area contributed by atoms with E-state index in [9.17, 15) is 19.5 Å². The van der Waals surface area contributed by atoms with Gasteiger partial charge in [0.05, 0.1) is 12.1 Å². The SMILES string of the molecule is CCCN(CCC)C(=O)c1cc(C(N)=O)cc(C(=O)N[C@@H](CC(C)C)[C@H](O)CNCCC(C)C)c1. The number of aliphatic hydroxyl groups excluding tert-OH is 1. The van der Waals surface area contributed by atoms with Gasteiger partial charge < -0.3 is 26.4 Å². The molecular formula is C27H46N4O4. The van der Waals surface area contributed by atoms with E-state index in [4.69, 9.17) is 5.73 Å². The number of carbonyl (C=O) groups is 3. The number of nitrogens with two attached hydrogens (primary N) is 1. The van der Waals surface area contributed by atoms with E-state index in [2.05, 4.69) is 24.5 Å². The molecule has 0 aliphatic carbocycles. The summed E-state index contributed by atoms with van der Waals surface area (Å²) >= 11 is 0. The second-order valence-corrected chi connectivity index (χ2v) is 10.1. The Labute approximate surface area is 211 Å². The van der Waals surface area contributed by atoms with Crippen LogP contribution in [0.5, 0.6) is 0 Å². The summed E-state index contributed by atoms with van der Waals surface area (Å²) in [6, 6.07) is 3.86. The first kappa shape index (κ1) is 30.6. The number of carbonyl (C=O) groups excluding carboxylic acids is 3. The van der Waals surface area contributed by atoms with Crippen molar-refractivity contribution in [2.75, 3.05) is 26.2 Å². The Morgan fingerprint density at radius 2 is 1.51 bits per heavy atom. The number of nitrogens with zero attached hydrogens (tertiary/aromatic N) is 1. The van der Waals surface area contributed by atoms with Gasteiger partial charge in [0.1, 0.15) is 0 Å². The van der Waals surface area contributed by atoms with E-state index in [0.717, 1.165) is 25.8 Å². The Morgan fingerprint density at radius 1 is 0.943 bits per heavy atom. The van der Waals surface area contributed by atoms with Crippen LogP contribution >= 0.6 is 0 Å². The van der Waals surface area contributed by atoms with Crippen LogP contribution in [-0.4, -0.2) is 66.1 Å². The van der Waals surface area contributed by atoms with Crippen molar-refractivity contribution in [3.63, 3.8) is 0 Å². The molecule has 0 radical (unpaired) electrons. The number of benzene rings is 1. The lowest BCUT2D eigenvalue weighted by Crippen LogP contribution is -2.48. The minimum Gasteiger partial charge on any atom is -0.390 e. The summed E-state index contributed by atoms with van der Waals surface area (Å²) in [6.07, 6.45) is 2.40. The van der Waals surface area contributed by atoms with E-state index in [1.807, 2.05) is 27.7 Å². The number of aliphatic hydroxyl groups is 1. The Bertz CT molecular complexity index is 819. The maximum Gasteiger partial charge on any atom is 0.253 e. The van der Waals surface area contributed by atoms with Gasteiger partial charge in [-0.15, -0.1) is 0 Å². The molecule has 0 aliphatic rings. The van der Waals surface area contributed by atoms with Crippen LogP contribution in [0.4, 0.5) is 0 Å². The molecule has 2 atom stereocenters. The molecule has 198 valence electrons. The van der Waals surface area contributed by atoms with E-state index in [1.54, 1.807) is 4.90 Å². The fourth-order valence-corrected chi connectivity index (χ4v) is 3.92. The van der Waals surface area contributed by atoms with Gasteiger partial charge in [0.2, 0.25) is 5.91 Å². The van der Waals surface area contributed by atoms with Crippen LogP contribution in [0.3, 0.4) is 0 Å². The van der Waals surface area contributed by atoms with Gasteiger partial charge in [-0.2, -0.15) is 0 Å². The molecular weight excluding hydrogens is 444 g/mol. The van der Waals surface area contributed by atoms with Gasteiger partial charge in [0, 0.05) is 36.3 Å². The molecule has 0 heterocycles. The molecule has 0 saturated carbocycles. The van der Waals surface area contributed by atoms with Crippen LogP contribution in [0.1, 0.15) is 98.3 Å². The van der Waals surface area contributed by atoms with Crippen LogP contribution in [0.15, 0.2) is 18.2 Å². The van der Waals surface area contributed by atoms with Crippen molar-refractivity contribution in [1.82, 2.24) is 15.5 Å². The average molecular weight is 491 g/mol. The first-order valence-electron chi connectivity index (χ1n) is 12.9. The maximum absolute atomic E-state index is 13.2. The normalized spacial score (nSPS) is 13.1. The van der Waals surface area contributed by atoms with Crippen LogP contribution in [0.25, 0.3) is 0 Å². The molecule has 0 unspecified atom stereocenters. The van der Waals surface area contributed by atoms with E-state index >= 15 is 0 Å². The summed E-state index contributed by atoms with van der Waals surface area (Å²) in [6.45, 7) is 14.6. The highest BCUT2D eigenvalue weighted by molar-refractivity contribution is 6.04. The first-order chi connectivity index (χ1) is 16.5. The molecule has 8 nitrogen and oxygen atoms in total. The maximum atomic E-state index is 13.2. The van der Waals surface area contributed by atoms with Gasteiger partial charge >= 0.3 is 0 Å². The quantitative estimate of drug-likeness (QED) is 0.265. The molecule has 1 rings (SSSR count). The molecule has 0 saturated heterocycles. The third kappa shape index (κ3) is 10.8. The van der Waals surface area contributed by atoms with Crippen molar-refractivity contribution >= 4 is 17.7 Å². The summed E-state index contributed by atoms with van der Waals surface area (Å²) < 4.78 is 0. The van der Waals surface area contributed by atoms with Gasteiger partial charge in [0.15, 0.2) is 0 Å². The first-order valence-corrected chi connectivity index (χ1v) is 12.9. The Hall–Kier alpha value is -2.45. The predicted octanol–water partition coefficient (Wildman–Crippen LogP) is 3.19. The van der Waals surface area contributed by atoms with Crippen molar-refractivity contribution < 1.29 is 19.5 Å². The van der Waals surface area contributed by atoms with Crippen molar-refractivity contribution in [2.24, 2.45) is 17.6 Å². The summed E-state index contributed by atoms with van der Waals surface area (Å²) in [5, 5.41) is 17.0. The van der Waals surface area contributed by atoms with Crippen LogP contribution in [-0.2, 0) is 0 Å². The van der Waals surface area contributed by atoms with Crippen LogP contribution in [0.2, 0.25) is 0 Å². The molecule has 35 heavy (non-hydrogen) atoms. The summed E-state index contributed by atoms with van der Waals surface area (Å²) in [7, 11) is 0. The smallest absolute Gasteiger partial charge is 0.253 e. The third-order valence-electron chi connectivity index (χ3n) is 5.76. The molecule has 0 bridgehead atoms. The second kappa shape index (κ2) is 15.5. The van der Waals surface area contributed by atoms with E-state index in [0.29, 0.717) is 32.0 Å². The molecule has 0 spiro atoms. The van der Waals surface area contributed by atoms with Crippen molar-refractivity contribution in [1.29, 1.82) is 0 Å². The van der Waals surface area contributed by atoms with Crippen LogP contribution in [0, 0.1) is 11.8 Å². The fourth-order valence-electron chi connectivity index (χ4n) is 3.92. The van der Waals surface area contributed by atoms with Crippen molar-refractivity contribution in [3.05, 3.63) is 34.9 Å². The average Bonchev–Trinajstić information content (AvgIpc) is 2.79. The molecule has 1 aromatic carbocycles. The Morgan fingerprint density at radius 3 is 2.03 bits per heavy atom. The predicted molar refractivity (Wildman–Crippen MR) is 140 cm³/mol. The highest BCUT2D eigenvalue weighted by Gasteiger charge is 2.25. The number of amides is 3. The number of hydrogen-bond acceptors (Lipinski definition) is 5. The van der Waals surface area contributed by atoms with E-state index < -0.39 is 24.0 Å². The molecule has 0 aromatic heterocycles. The van der Waals surface area contributed by atoms with E-state index in [1.165, 1.54) is 18.2 Å². The largest absolute Gasteiger partial charge is 0.390 e. The lowest BCUT2D eigenvalue weighted by Gasteiger charge is -2.26. The lowest BCUT2D eigenvalue weighted by molar-refractivity contribution is 0.0755. The summed E-state index contributed by atoms with van der Waals surface area (Å²) in [4.78, 5) is 40.0. The topological polar surface area (TPSA) is 125 Å². The van der Waals surface area contributed by atoms with Crippen LogP contribution < -0.4 is 16.4 Å². The number of rotatable bonds is 16. The minimum atomic E-state index is -0.779. The molecule has 0 aliphatic heterocycles. The Balaban J connectivity index is 3.14. The van der Waals surface area contributed by atoms with E-state index in [-0.39, 0.29) is 28.5 Å². The molecule has 8 heteroatoms. The molecule has 0 fully saturated rings.